The van der Waals surface area contributed by atoms with Crippen molar-refractivity contribution in [2.45, 2.75) is 26.9 Å². The van der Waals surface area contributed by atoms with Crippen LogP contribution in [-0.2, 0) is 22.7 Å². The Morgan fingerprint density at radius 2 is 1.73 bits per heavy atom. The molecule has 8 nitrogen and oxygen atoms in total. The summed E-state index contributed by atoms with van der Waals surface area (Å²) >= 11 is 3.52. The van der Waals surface area contributed by atoms with Crippen LogP contribution in [0.5, 0.6) is 0 Å². The third-order valence-corrected chi connectivity index (χ3v) is 5.73. The van der Waals surface area contributed by atoms with Crippen molar-refractivity contribution >= 4 is 50.1 Å². The monoisotopic (exact) mass is 511 g/mol. The van der Waals surface area contributed by atoms with Crippen LogP contribution in [0.3, 0.4) is 0 Å². The fraction of sp³-hybridized carbons (Fsp3) is 0.412. The maximum absolute atomic E-state index is 13.1. The number of anilines is 1. The molecule has 0 spiro atoms. The van der Waals surface area contributed by atoms with E-state index in [0.29, 0.717) is 0 Å². The van der Waals surface area contributed by atoms with Gasteiger partial charge < -0.3 is 14.8 Å². The second-order valence-electron chi connectivity index (χ2n) is 5.79. The molecule has 2 aromatic rings. The first-order valence-electron chi connectivity index (χ1n) is 8.52. The molecule has 0 radical (unpaired) electrons. The van der Waals surface area contributed by atoms with Gasteiger partial charge in [-0.15, -0.1) is 11.3 Å². The lowest BCUT2D eigenvalue weighted by atomic mass is 10.1. The number of hydrogen-bond acceptors (Lipinski definition) is 7. The SMILES string of the molecule is CCOC(=O)c1sc(NC(=O)c2c(Br)c(C(F)(F)F)nn2C)c(C(=O)OCC)c1C. The molecular weight excluding hydrogens is 495 g/mol. The van der Waals surface area contributed by atoms with Crippen LogP contribution in [0.4, 0.5) is 18.2 Å². The van der Waals surface area contributed by atoms with Gasteiger partial charge in [0.25, 0.3) is 5.91 Å². The number of carbonyl (C=O) groups excluding carboxylic acids is 3. The highest BCUT2D eigenvalue weighted by Gasteiger charge is 2.39. The van der Waals surface area contributed by atoms with Crippen LogP contribution in [-0.4, -0.2) is 40.8 Å². The molecule has 0 fully saturated rings. The van der Waals surface area contributed by atoms with Crippen molar-refractivity contribution in [2.75, 3.05) is 18.5 Å². The van der Waals surface area contributed by atoms with E-state index in [1.807, 2.05) is 0 Å². The number of carbonyl (C=O) groups is 3. The Hall–Kier alpha value is -2.41. The van der Waals surface area contributed by atoms with Gasteiger partial charge in [-0.3, -0.25) is 9.48 Å². The number of ether oxygens (including phenoxy) is 2. The lowest BCUT2D eigenvalue weighted by Gasteiger charge is -2.08. The number of halogens is 4. The van der Waals surface area contributed by atoms with Crippen molar-refractivity contribution in [3.63, 3.8) is 0 Å². The molecule has 0 unspecified atom stereocenters. The molecular formula is C17H17BrF3N3O5S. The number of thiophene rings is 1. The Balaban J connectivity index is 2.51. The summed E-state index contributed by atoms with van der Waals surface area (Å²) in [5, 5.41) is 5.66. The van der Waals surface area contributed by atoms with Crippen molar-refractivity contribution in [2.24, 2.45) is 7.05 Å². The first kappa shape index (κ1) is 23.9. The number of amides is 1. The van der Waals surface area contributed by atoms with Gasteiger partial charge in [-0.05, 0) is 42.3 Å². The van der Waals surface area contributed by atoms with E-state index in [1.54, 1.807) is 13.8 Å². The largest absolute Gasteiger partial charge is 0.462 e. The quantitative estimate of drug-likeness (QED) is 0.584. The number of aromatic nitrogens is 2. The Labute approximate surface area is 181 Å². The molecule has 0 saturated heterocycles. The number of esters is 2. The molecule has 2 heterocycles. The van der Waals surface area contributed by atoms with E-state index in [4.69, 9.17) is 9.47 Å². The van der Waals surface area contributed by atoms with Crippen LogP contribution in [0.2, 0.25) is 0 Å². The maximum atomic E-state index is 13.1. The van der Waals surface area contributed by atoms with E-state index in [1.165, 1.54) is 14.0 Å². The molecule has 0 atom stereocenters. The van der Waals surface area contributed by atoms with E-state index in [9.17, 15) is 27.6 Å². The average molecular weight is 512 g/mol. The Morgan fingerprint density at radius 3 is 2.23 bits per heavy atom. The van der Waals surface area contributed by atoms with Gasteiger partial charge in [-0.1, -0.05) is 0 Å². The fourth-order valence-corrected chi connectivity index (χ4v) is 4.35. The smallest absolute Gasteiger partial charge is 0.436 e. The van der Waals surface area contributed by atoms with Gasteiger partial charge in [0.1, 0.15) is 15.6 Å². The normalized spacial score (nSPS) is 11.3. The van der Waals surface area contributed by atoms with E-state index in [0.717, 1.165) is 16.0 Å². The van der Waals surface area contributed by atoms with E-state index in [-0.39, 0.29) is 34.2 Å². The van der Waals surface area contributed by atoms with Gasteiger partial charge in [0, 0.05) is 7.05 Å². The molecule has 0 aliphatic heterocycles. The molecule has 2 rings (SSSR count). The molecule has 2 aromatic heterocycles. The minimum atomic E-state index is -4.78. The molecule has 0 bridgehead atoms. The highest BCUT2D eigenvalue weighted by molar-refractivity contribution is 9.10. The second-order valence-corrected chi connectivity index (χ2v) is 7.60. The van der Waals surface area contributed by atoms with E-state index >= 15 is 0 Å². The average Bonchev–Trinajstić information content (AvgIpc) is 3.11. The zero-order valence-corrected chi connectivity index (χ0v) is 18.7. The highest BCUT2D eigenvalue weighted by atomic mass is 79.9. The standard InChI is InChI=1S/C17H17BrF3N3O5S/c1-5-28-15(26)8-7(3)11(16(27)29-6-2)30-14(8)22-13(25)10-9(18)12(17(19,20)21)23-24(10)4/h5-6H2,1-4H3,(H,22,25). The minimum Gasteiger partial charge on any atom is -0.462 e. The molecule has 1 amide bonds. The Bertz CT molecular complexity index is 1000. The van der Waals surface area contributed by atoms with Crippen LogP contribution >= 0.6 is 27.3 Å². The number of aryl methyl sites for hydroxylation is 1. The second kappa shape index (κ2) is 9.16. The minimum absolute atomic E-state index is 0.0401. The predicted octanol–water partition coefficient (Wildman–Crippen LogP) is 4.18. The molecule has 0 aliphatic rings. The number of nitrogens with one attached hydrogen (secondary N) is 1. The summed E-state index contributed by atoms with van der Waals surface area (Å²) in [6, 6.07) is 0. The zero-order valence-electron chi connectivity index (χ0n) is 16.3. The van der Waals surface area contributed by atoms with Gasteiger partial charge in [-0.2, -0.15) is 18.3 Å². The molecule has 13 heteroatoms. The Morgan fingerprint density at radius 1 is 1.17 bits per heavy atom. The first-order valence-corrected chi connectivity index (χ1v) is 10.1. The van der Waals surface area contributed by atoms with Crippen LogP contribution in [0.1, 0.15) is 55.6 Å². The van der Waals surface area contributed by atoms with Gasteiger partial charge in [0.2, 0.25) is 0 Å². The van der Waals surface area contributed by atoms with E-state index < -0.39 is 39.9 Å². The number of rotatable bonds is 6. The molecule has 30 heavy (non-hydrogen) atoms. The van der Waals surface area contributed by atoms with Crippen molar-refractivity contribution < 1.29 is 37.0 Å². The van der Waals surface area contributed by atoms with E-state index in [2.05, 4.69) is 26.3 Å². The topological polar surface area (TPSA) is 99.5 Å². The summed E-state index contributed by atoms with van der Waals surface area (Å²) in [7, 11) is 1.17. The van der Waals surface area contributed by atoms with Gasteiger partial charge in [-0.25, -0.2) is 9.59 Å². The summed E-state index contributed by atoms with van der Waals surface area (Å²) < 4.78 is 49.3. The summed E-state index contributed by atoms with van der Waals surface area (Å²) in [5.41, 5.74) is -1.53. The van der Waals surface area contributed by atoms with Crippen molar-refractivity contribution in [3.05, 3.63) is 31.9 Å². The highest BCUT2D eigenvalue weighted by Crippen LogP contribution is 2.37. The van der Waals surface area contributed by atoms with Crippen LogP contribution < -0.4 is 5.32 Å². The predicted molar refractivity (Wildman–Crippen MR) is 105 cm³/mol. The number of alkyl halides is 3. The molecule has 1 N–H and O–H groups in total. The van der Waals surface area contributed by atoms with Gasteiger partial charge in [0.05, 0.1) is 23.2 Å². The van der Waals surface area contributed by atoms with Crippen molar-refractivity contribution in [1.82, 2.24) is 9.78 Å². The number of nitrogens with zero attached hydrogens (tertiary/aromatic N) is 2. The lowest BCUT2D eigenvalue weighted by Crippen LogP contribution is -2.18. The fourth-order valence-electron chi connectivity index (χ4n) is 2.53. The Kier molecular flexibility index (Phi) is 7.29. The van der Waals surface area contributed by atoms with Crippen molar-refractivity contribution in [1.29, 1.82) is 0 Å². The first-order chi connectivity index (χ1) is 13.9. The maximum Gasteiger partial charge on any atom is 0.436 e. The van der Waals surface area contributed by atoms with Crippen LogP contribution in [0, 0.1) is 6.92 Å². The van der Waals surface area contributed by atoms with Crippen LogP contribution in [0.15, 0.2) is 4.47 Å². The third kappa shape index (κ3) is 4.67. The third-order valence-electron chi connectivity index (χ3n) is 3.79. The molecule has 164 valence electrons. The summed E-state index contributed by atoms with van der Waals surface area (Å²) in [5.74, 6) is -2.46. The zero-order chi connectivity index (χ0) is 22.8. The molecule has 0 saturated carbocycles. The van der Waals surface area contributed by atoms with Crippen molar-refractivity contribution in [3.8, 4) is 0 Å². The van der Waals surface area contributed by atoms with Gasteiger partial charge >= 0.3 is 18.1 Å². The molecule has 0 aromatic carbocycles. The number of hydrogen-bond donors (Lipinski definition) is 1. The summed E-state index contributed by atoms with van der Waals surface area (Å²) in [6.07, 6.45) is -4.78. The van der Waals surface area contributed by atoms with Gasteiger partial charge in [0.15, 0.2) is 5.69 Å². The summed E-state index contributed by atoms with van der Waals surface area (Å²) in [6.45, 7) is 4.79. The summed E-state index contributed by atoms with van der Waals surface area (Å²) in [4.78, 5) is 37.3. The molecule has 0 aliphatic carbocycles. The van der Waals surface area contributed by atoms with Crippen LogP contribution in [0.25, 0.3) is 0 Å². The lowest BCUT2D eigenvalue weighted by molar-refractivity contribution is -0.142.